The van der Waals surface area contributed by atoms with Crippen LogP contribution in [0.1, 0.15) is 15.4 Å². The van der Waals surface area contributed by atoms with Gasteiger partial charge in [-0.1, -0.05) is 22.7 Å². The third-order valence-corrected chi connectivity index (χ3v) is 2.60. The van der Waals surface area contributed by atoms with Gasteiger partial charge < -0.3 is 10.5 Å². The van der Waals surface area contributed by atoms with Crippen molar-refractivity contribution in [3.05, 3.63) is 40.9 Å². The Morgan fingerprint density at radius 3 is 2.81 bits per heavy atom. The minimum atomic E-state index is -0.583. The molecule has 82 valence electrons. The Labute approximate surface area is 96.0 Å². The van der Waals surface area contributed by atoms with Gasteiger partial charge in [0, 0.05) is 0 Å². The molecule has 0 bridgehead atoms. The summed E-state index contributed by atoms with van der Waals surface area (Å²) < 4.78 is 9.13. The number of aromatic nitrogens is 2. The van der Waals surface area contributed by atoms with E-state index < -0.39 is 5.91 Å². The SMILES string of the molecule is NC(=O)c1nnsc1COc1ccccc1. The largest absolute Gasteiger partial charge is 0.488 e. The van der Waals surface area contributed by atoms with Gasteiger partial charge in [0.25, 0.3) is 5.91 Å². The highest BCUT2D eigenvalue weighted by Gasteiger charge is 2.13. The summed E-state index contributed by atoms with van der Waals surface area (Å²) in [6.07, 6.45) is 0. The quantitative estimate of drug-likeness (QED) is 0.864. The average Bonchev–Trinajstić information content (AvgIpc) is 2.76. The predicted molar refractivity (Wildman–Crippen MR) is 59.2 cm³/mol. The lowest BCUT2D eigenvalue weighted by Gasteiger charge is -2.03. The van der Waals surface area contributed by atoms with Crippen LogP contribution < -0.4 is 10.5 Å². The molecule has 0 saturated heterocycles. The lowest BCUT2D eigenvalue weighted by molar-refractivity contribution is 0.0993. The standard InChI is InChI=1S/C10H9N3O2S/c11-10(14)9-8(16-13-12-9)6-15-7-4-2-1-3-5-7/h1-5H,6H2,(H2,11,14). The number of benzene rings is 1. The molecule has 6 heteroatoms. The third kappa shape index (κ3) is 2.34. The summed E-state index contributed by atoms with van der Waals surface area (Å²) in [5.41, 5.74) is 5.32. The van der Waals surface area contributed by atoms with E-state index in [1.165, 1.54) is 0 Å². The average molecular weight is 235 g/mol. The van der Waals surface area contributed by atoms with Crippen LogP contribution in [0.25, 0.3) is 0 Å². The maximum absolute atomic E-state index is 11.0. The zero-order valence-electron chi connectivity index (χ0n) is 8.29. The van der Waals surface area contributed by atoms with E-state index in [-0.39, 0.29) is 12.3 Å². The molecule has 1 aromatic carbocycles. The number of hydrogen-bond acceptors (Lipinski definition) is 5. The monoisotopic (exact) mass is 235 g/mol. The molecule has 5 nitrogen and oxygen atoms in total. The number of amides is 1. The predicted octanol–water partition coefficient (Wildman–Crippen LogP) is 1.22. The van der Waals surface area contributed by atoms with Gasteiger partial charge in [-0.3, -0.25) is 4.79 Å². The molecule has 2 rings (SSSR count). The number of rotatable bonds is 4. The van der Waals surface area contributed by atoms with Crippen LogP contribution in [-0.4, -0.2) is 15.5 Å². The molecule has 0 atom stereocenters. The van der Waals surface area contributed by atoms with E-state index in [4.69, 9.17) is 10.5 Å². The number of hydrogen-bond donors (Lipinski definition) is 1. The first kappa shape index (κ1) is 10.6. The highest BCUT2D eigenvalue weighted by molar-refractivity contribution is 7.05. The zero-order chi connectivity index (χ0) is 11.4. The van der Waals surface area contributed by atoms with E-state index in [9.17, 15) is 4.79 Å². The summed E-state index contributed by atoms with van der Waals surface area (Å²) in [5, 5.41) is 3.64. The van der Waals surface area contributed by atoms with E-state index in [2.05, 4.69) is 9.59 Å². The number of nitrogens with zero attached hydrogens (tertiary/aromatic N) is 2. The van der Waals surface area contributed by atoms with Crippen molar-refractivity contribution in [2.75, 3.05) is 0 Å². The lowest BCUT2D eigenvalue weighted by atomic mass is 10.3. The van der Waals surface area contributed by atoms with Gasteiger partial charge in [-0.05, 0) is 23.7 Å². The van der Waals surface area contributed by atoms with Gasteiger partial charge in [-0.15, -0.1) is 5.10 Å². The number of para-hydroxylation sites is 1. The molecule has 0 saturated carbocycles. The first-order valence-corrected chi connectivity index (χ1v) is 5.33. The maximum atomic E-state index is 11.0. The van der Waals surface area contributed by atoms with Gasteiger partial charge in [0.2, 0.25) is 0 Å². The summed E-state index contributed by atoms with van der Waals surface area (Å²) in [5.74, 6) is 0.145. The topological polar surface area (TPSA) is 78.1 Å². The first-order valence-electron chi connectivity index (χ1n) is 4.56. The maximum Gasteiger partial charge on any atom is 0.270 e. The Morgan fingerprint density at radius 1 is 1.38 bits per heavy atom. The van der Waals surface area contributed by atoms with Crippen LogP contribution in [0.15, 0.2) is 30.3 Å². The van der Waals surface area contributed by atoms with Crippen molar-refractivity contribution in [2.45, 2.75) is 6.61 Å². The van der Waals surface area contributed by atoms with E-state index in [1.54, 1.807) is 0 Å². The van der Waals surface area contributed by atoms with Gasteiger partial charge in [0.1, 0.15) is 12.4 Å². The first-order chi connectivity index (χ1) is 7.77. The summed E-state index contributed by atoms with van der Waals surface area (Å²) in [6, 6.07) is 9.30. The fourth-order valence-electron chi connectivity index (χ4n) is 1.16. The number of carbonyl (C=O) groups excluding carboxylic acids is 1. The van der Waals surface area contributed by atoms with Crippen molar-refractivity contribution in [1.82, 2.24) is 9.59 Å². The second kappa shape index (κ2) is 4.71. The number of nitrogens with two attached hydrogens (primary N) is 1. The van der Waals surface area contributed by atoms with Crippen molar-refractivity contribution in [2.24, 2.45) is 5.73 Å². The van der Waals surface area contributed by atoms with Crippen molar-refractivity contribution < 1.29 is 9.53 Å². The molecule has 1 amide bonds. The molecule has 16 heavy (non-hydrogen) atoms. The van der Waals surface area contributed by atoms with Crippen LogP contribution in [-0.2, 0) is 6.61 Å². The van der Waals surface area contributed by atoms with Gasteiger partial charge in [0.15, 0.2) is 5.69 Å². The molecule has 0 aliphatic rings. The van der Waals surface area contributed by atoms with Gasteiger partial charge in [0.05, 0.1) is 4.88 Å². The Morgan fingerprint density at radius 2 is 2.12 bits per heavy atom. The minimum absolute atomic E-state index is 0.181. The van der Waals surface area contributed by atoms with Crippen molar-refractivity contribution in [3.63, 3.8) is 0 Å². The number of carbonyl (C=O) groups is 1. The minimum Gasteiger partial charge on any atom is -0.488 e. The second-order valence-electron chi connectivity index (χ2n) is 3.01. The van der Waals surface area contributed by atoms with Crippen molar-refractivity contribution >= 4 is 17.4 Å². The summed E-state index contributed by atoms with van der Waals surface area (Å²) in [6.45, 7) is 0.250. The Kier molecular flexibility index (Phi) is 3.11. The molecule has 0 unspecified atom stereocenters. The van der Waals surface area contributed by atoms with Crippen LogP contribution in [0.4, 0.5) is 0 Å². The molecule has 0 fully saturated rings. The molecule has 0 aliphatic heterocycles. The zero-order valence-corrected chi connectivity index (χ0v) is 9.11. The highest BCUT2D eigenvalue weighted by Crippen LogP contribution is 2.15. The molecule has 0 radical (unpaired) electrons. The van der Waals surface area contributed by atoms with Crippen LogP contribution in [0.5, 0.6) is 5.75 Å². The molecule has 1 heterocycles. The fourth-order valence-corrected chi connectivity index (χ4v) is 1.72. The Bertz CT molecular complexity index is 484. The summed E-state index contributed by atoms with van der Waals surface area (Å²) in [4.78, 5) is 11.6. The second-order valence-corrected chi connectivity index (χ2v) is 3.85. The molecular weight excluding hydrogens is 226 g/mol. The molecular formula is C10H9N3O2S. The van der Waals surface area contributed by atoms with Gasteiger partial charge in [-0.2, -0.15) is 0 Å². The highest BCUT2D eigenvalue weighted by atomic mass is 32.1. The molecule has 2 aromatic rings. The summed E-state index contributed by atoms with van der Waals surface area (Å²) >= 11 is 1.11. The van der Waals surface area contributed by atoms with E-state index in [1.807, 2.05) is 30.3 Å². The van der Waals surface area contributed by atoms with Crippen molar-refractivity contribution in [3.8, 4) is 5.75 Å². The van der Waals surface area contributed by atoms with E-state index in [0.717, 1.165) is 17.3 Å². The van der Waals surface area contributed by atoms with Crippen LogP contribution >= 0.6 is 11.5 Å². The molecule has 2 N–H and O–H groups in total. The Balaban J connectivity index is 2.05. The van der Waals surface area contributed by atoms with E-state index in [0.29, 0.717) is 4.88 Å². The van der Waals surface area contributed by atoms with Crippen LogP contribution in [0.3, 0.4) is 0 Å². The normalized spacial score (nSPS) is 10.0. The summed E-state index contributed by atoms with van der Waals surface area (Å²) in [7, 11) is 0. The number of ether oxygens (including phenoxy) is 1. The molecule has 0 aliphatic carbocycles. The fraction of sp³-hybridized carbons (Fsp3) is 0.100. The molecule has 1 aromatic heterocycles. The Hall–Kier alpha value is -1.95. The van der Waals surface area contributed by atoms with Crippen LogP contribution in [0.2, 0.25) is 0 Å². The molecule has 0 spiro atoms. The van der Waals surface area contributed by atoms with E-state index >= 15 is 0 Å². The van der Waals surface area contributed by atoms with Crippen molar-refractivity contribution in [1.29, 1.82) is 0 Å². The van der Waals surface area contributed by atoms with Gasteiger partial charge >= 0.3 is 0 Å². The van der Waals surface area contributed by atoms with Gasteiger partial charge in [-0.25, -0.2) is 0 Å². The van der Waals surface area contributed by atoms with Crippen LogP contribution in [0, 0.1) is 0 Å². The number of primary amides is 1. The smallest absolute Gasteiger partial charge is 0.270 e. The third-order valence-electron chi connectivity index (χ3n) is 1.90. The lowest BCUT2D eigenvalue weighted by Crippen LogP contribution is -2.14.